The Morgan fingerprint density at radius 1 is 1.31 bits per heavy atom. The van der Waals surface area contributed by atoms with Gasteiger partial charge in [0.1, 0.15) is 0 Å². The molecule has 2 rings (SSSR count). The third-order valence-electron chi connectivity index (χ3n) is 4.30. The Bertz CT molecular complexity index is 207. The molecule has 3 heteroatoms. The van der Waals surface area contributed by atoms with E-state index in [0.717, 1.165) is 12.6 Å². The standard InChI is InChI=1S/C13H27N3/c1-2-3-5-12(10-14)16-9-8-15-7-4-6-13(15)11-16/h12-13H,2-11,14H2,1H3. The summed E-state index contributed by atoms with van der Waals surface area (Å²) >= 11 is 0. The smallest absolute Gasteiger partial charge is 0.0224 e. The normalized spacial score (nSPS) is 29.2. The minimum absolute atomic E-state index is 0.641. The zero-order valence-corrected chi connectivity index (χ0v) is 10.7. The van der Waals surface area contributed by atoms with E-state index in [1.165, 1.54) is 58.3 Å². The highest BCUT2D eigenvalue weighted by Crippen LogP contribution is 2.23. The monoisotopic (exact) mass is 225 g/mol. The second kappa shape index (κ2) is 5.99. The average Bonchev–Trinajstić information content (AvgIpc) is 2.77. The second-order valence-electron chi connectivity index (χ2n) is 5.36. The van der Waals surface area contributed by atoms with E-state index in [-0.39, 0.29) is 0 Å². The average molecular weight is 225 g/mol. The van der Waals surface area contributed by atoms with Gasteiger partial charge in [-0.3, -0.25) is 9.80 Å². The number of hydrogen-bond donors (Lipinski definition) is 1. The molecule has 0 aromatic carbocycles. The molecule has 2 fully saturated rings. The molecule has 94 valence electrons. The van der Waals surface area contributed by atoms with Crippen LogP contribution in [0.25, 0.3) is 0 Å². The number of nitrogens with two attached hydrogens (primary N) is 1. The van der Waals surface area contributed by atoms with Crippen LogP contribution in [0.1, 0.15) is 39.0 Å². The Morgan fingerprint density at radius 3 is 2.94 bits per heavy atom. The molecule has 0 aromatic rings. The van der Waals surface area contributed by atoms with Crippen molar-refractivity contribution in [2.45, 2.75) is 51.1 Å². The molecule has 0 radical (unpaired) electrons. The maximum Gasteiger partial charge on any atom is 0.0224 e. The van der Waals surface area contributed by atoms with E-state index in [1.807, 2.05) is 0 Å². The van der Waals surface area contributed by atoms with Gasteiger partial charge >= 0.3 is 0 Å². The van der Waals surface area contributed by atoms with E-state index >= 15 is 0 Å². The molecule has 2 heterocycles. The predicted octanol–water partition coefficient (Wildman–Crippen LogP) is 1.28. The number of fused-ring (bicyclic) bond motifs is 1. The van der Waals surface area contributed by atoms with Crippen LogP contribution in [0.2, 0.25) is 0 Å². The quantitative estimate of drug-likeness (QED) is 0.765. The molecular formula is C13H27N3. The first kappa shape index (κ1) is 12.3. The molecule has 0 bridgehead atoms. The SMILES string of the molecule is CCCCC(CN)N1CCN2CCCC2C1. The Morgan fingerprint density at radius 2 is 2.19 bits per heavy atom. The Kier molecular flexibility index (Phi) is 4.62. The lowest BCUT2D eigenvalue weighted by Gasteiger charge is -2.41. The van der Waals surface area contributed by atoms with Crippen LogP contribution in [0.5, 0.6) is 0 Å². The van der Waals surface area contributed by atoms with Crippen LogP contribution in [0.4, 0.5) is 0 Å². The number of unbranched alkanes of at least 4 members (excludes halogenated alkanes) is 1. The van der Waals surface area contributed by atoms with E-state index in [1.54, 1.807) is 0 Å². The first-order chi connectivity index (χ1) is 7.85. The van der Waals surface area contributed by atoms with Gasteiger partial charge in [-0.05, 0) is 25.8 Å². The molecule has 2 unspecified atom stereocenters. The first-order valence-corrected chi connectivity index (χ1v) is 7.03. The lowest BCUT2D eigenvalue weighted by atomic mass is 10.0. The summed E-state index contributed by atoms with van der Waals surface area (Å²) in [4.78, 5) is 5.33. The van der Waals surface area contributed by atoms with Crippen LogP contribution < -0.4 is 5.73 Å². The number of rotatable bonds is 5. The molecule has 2 aliphatic heterocycles. The maximum atomic E-state index is 5.93. The second-order valence-corrected chi connectivity index (χ2v) is 5.36. The van der Waals surface area contributed by atoms with E-state index < -0.39 is 0 Å². The number of hydrogen-bond acceptors (Lipinski definition) is 3. The summed E-state index contributed by atoms with van der Waals surface area (Å²) in [5.74, 6) is 0. The van der Waals surface area contributed by atoms with Crippen molar-refractivity contribution in [3.63, 3.8) is 0 Å². The zero-order valence-electron chi connectivity index (χ0n) is 10.7. The highest BCUT2D eigenvalue weighted by Gasteiger charge is 2.32. The largest absolute Gasteiger partial charge is 0.329 e. The zero-order chi connectivity index (χ0) is 11.4. The Balaban J connectivity index is 1.83. The third-order valence-corrected chi connectivity index (χ3v) is 4.30. The molecular weight excluding hydrogens is 198 g/mol. The fourth-order valence-corrected chi connectivity index (χ4v) is 3.24. The van der Waals surface area contributed by atoms with Crippen LogP contribution in [0.15, 0.2) is 0 Å². The lowest BCUT2D eigenvalue weighted by Crippen LogP contribution is -2.55. The van der Waals surface area contributed by atoms with Gasteiger partial charge in [0.15, 0.2) is 0 Å². The van der Waals surface area contributed by atoms with Crippen molar-refractivity contribution in [2.75, 3.05) is 32.7 Å². The highest BCUT2D eigenvalue weighted by molar-refractivity contribution is 4.89. The van der Waals surface area contributed by atoms with Gasteiger partial charge in [0.25, 0.3) is 0 Å². The van der Waals surface area contributed by atoms with Crippen LogP contribution >= 0.6 is 0 Å². The van der Waals surface area contributed by atoms with Crippen molar-refractivity contribution in [1.82, 2.24) is 9.80 Å². The van der Waals surface area contributed by atoms with E-state index in [9.17, 15) is 0 Å². The molecule has 2 N–H and O–H groups in total. The van der Waals surface area contributed by atoms with Crippen molar-refractivity contribution in [1.29, 1.82) is 0 Å². The summed E-state index contributed by atoms with van der Waals surface area (Å²) in [7, 11) is 0. The van der Waals surface area contributed by atoms with Crippen molar-refractivity contribution in [3.8, 4) is 0 Å². The maximum absolute atomic E-state index is 5.93. The molecule has 2 atom stereocenters. The summed E-state index contributed by atoms with van der Waals surface area (Å²) in [5, 5.41) is 0. The minimum atomic E-state index is 0.641. The van der Waals surface area contributed by atoms with Gasteiger partial charge in [-0.2, -0.15) is 0 Å². The van der Waals surface area contributed by atoms with Gasteiger partial charge in [-0.25, -0.2) is 0 Å². The highest BCUT2D eigenvalue weighted by atomic mass is 15.3. The van der Waals surface area contributed by atoms with E-state index in [0.29, 0.717) is 6.04 Å². The molecule has 0 saturated carbocycles. The van der Waals surface area contributed by atoms with Gasteiger partial charge in [0.2, 0.25) is 0 Å². The third kappa shape index (κ3) is 2.76. The van der Waals surface area contributed by atoms with Crippen LogP contribution in [-0.4, -0.2) is 54.6 Å². The van der Waals surface area contributed by atoms with Crippen molar-refractivity contribution >= 4 is 0 Å². The summed E-state index contributed by atoms with van der Waals surface area (Å²) in [6, 6.07) is 1.48. The Hall–Kier alpha value is -0.120. The minimum Gasteiger partial charge on any atom is -0.329 e. The summed E-state index contributed by atoms with van der Waals surface area (Å²) in [6.07, 6.45) is 6.72. The van der Waals surface area contributed by atoms with E-state index in [2.05, 4.69) is 16.7 Å². The van der Waals surface area contributed by atoms with Crippen molar-refractivity contribution < 1.29 is 0 Å². The molecule has 16 heavy (non-hydrogen) atoms. The molecule has 0 amide bonds. The van der Waals surface area contributed by atoms with Crippen LogP contribution in [-0.2, 0) is 0 Å². The van der Waals surface area contributed by atoms with Gasteiger partial charge < -0.3 is 5.73 Å². The fraction of sp³-hybridized carbons (Fsp3) is 1.00. The summed E-state index contributed by atoms with van der Waals surface area (Å²) in [5.41, 5.74) is 5.93. The van der Waals surface area contributed by atoms with Gasteiger partial charge in [0.05, 0.1) is 0 Å². The number of nitrogens with zero attached hydrogens (tertiary/aromatic N) is 2. The summed E-state index contributed by atoms with van der Waals surface area (Å²) < 4.78 is 0. The van der Waals surface area contributed by atoms with E-state index in [4.69, 9.17) is 5.73 Å². The van der Waals surface area contributed by atoms with Gasteiger partial charge in [-0.1, -0.05) is 19.8 Å². The molecule has 3 nitrogen and oxygen atoms in total. The molecule has 0 spiro atoms. The van der Waals surface area contributed by atoms with Crippen molar-refractivity contribution in [3.05, 3.63) is 0 Å². The topological polar surface area (TPSA) is 32.5 Å². The van der Waals surface area contributed by atoms with Crippen LogP contribution in [0.3, 0.4) is 0 Å². The Labute approximate surface area is 100.0 Å². The molecule has 2 aliphatic rings. The lowest BCUT2D eigenvalue weighted by molar-refractivity contribution is 0.0701. The van der Waals surface area contributed by atoms with Crippen LogP contribution in [0, 0.1) is 0 Å². The first-order valence-electron chi connectivity index (χ1n) is 7.03. The molecule has 0 aromatic heterocycles. The molecule has 0 aliphatic carbocycles. The fourth-order valence-electron chi connectivity index (χ4n) is 3.24. The predicted molar refractivity (Wildman–Crippen MR) is 68.5 cm³/mol. The van der Waals surface area contributed by atoms with Crippen molar-refractivity contribution in [2.24, 2.45) is 5.73 Å². The van der Waals surface area contributed by atoms with Gasteiger partial charge in [-0.15, -0.1) is 0 Å². The van der Waals surface area contributed by atoms with Gasteiger partial charge in [0, 0.05) is 38.3 Å². The molecule has 2 saturated heterocycles. The number of piperazine rings is 1. The summed E-state index contributed by atoms with van der Waals surface area (Å²) in [6.45, 7) is 8.22.